The minimum absolute atomic E-state index is 0.0384. The molecule has 1 heterocycles. The molecule has 170 valence electrons. The van der Waals surface area contributed by atoms with Gasteiger partial charge in [-0.3, -0.25) is 0 Å². The molecule has 0 bridgehead atoms. The van der Waals surface area contributed by atoms with Crippen LogP contribution < -0.4 is 21.1 Å². The number of aromatic nitrogens is 2. The number of carbonyl (C=O) groups is 1. The van der Waals surface area contributed by atoms with Gasteiger partial charge >= 0.3 is 6.09 Å². The van der Waals surface area contributed by atoms with Crippen LogP contribution in [0.25, 0.3) is 10.9 Å². The molecule has 32 heavy (non-hydrogen) atoms. The van der Waals surface area contributed by atoms with Crippen LogP contribution in [0, 0.1) is 5.82 Å². The van der Waals surface area contributed by atoms with Gasteiger partial charge in [0.15, 0.2) is 5.82 Å². The molecule has 0 spiro atoms. The molecule has 8 nitrogen and oxygen atoms in total. The summed E-state index contributed by atoms with van der Waals surface area (Å²) in [6.07, 6.45) is 0.809. The van der Waals surface area contributed by atoms with Crippen molar-refractivity contribution >= 4 is 61.7 Å². The number of anilines is 3. The van der Waals surface area contributed by atoms with E-state index < -0.39 is 17.5 Å². The minimum Gasteiger partial charge on any atom is -0.490 e. The first-order valence-corrected chi connectivity index (χ1v) is 10.8. The van der Waals surface area contributed by atoms with E-state index in [1.807, 2.05) is 0 Å². The van der Waals surface area contributed by atoms with Crippen LogP contribution in [0.5, 0.6) is 5.75 Å². The van der Waals surface area contributed by atoms with Gasteiger partial charge in [0.1, 0.15) is 30.1 Å². The quantitative estimate of drug-likeness (QED) is 0.224. The van der Waals surface area contributed by atoms with Gasteiger partial charge in [0.25, 0.3) is 0 Å². The number of nitrogens with zero attached hydrogens (tertiary/aromatic N) is 2. The molecule has 0 fully saturated rings. The summed E-state index contributed by atoms with van der Waals surface area (Å²) in [6.45, 7) is 5.75. The molecule has 0 aliphatic carbocycles. The van der Waals surface area contributed by atoms with Crippen LogP contribution in [0.2, 0.25) is 5.02 Å². The second-order valence-electron chi connectivity index (χ2n) is 7.75. The predicted octanol–water partition coefficient (Wildman–Crippen LogP) is 5.41. The standard InChI is InChI=1S/C21H22BrClFN5O3/c1-21(2,3)32-20(30)26-6-7-31-16-9-15-11(8-13(16)25)19(28-10-27-15)29-14-5-4-12(22)17(23)18(14)24/h4-5,8-10H,6-7,25H2,1-3H3,(H,26,30)(H,27,28,29). The van der Waals surface area contributed by atoms with E-state index >= 15 is 0 Å². The number of hydrogen-bond donors (Lipinski definition) is 3. The maximum absolute atomic E-state index is 14.5. The Morgan fingerprint density at radius 1 is 1.28 bits per heavy atom. The number of nitrogen functional groups attached to an aromatic ring is 1. The molecule has 0 saturated heterocycles. The molecule has 2 aromatic carbocycles. The van der Waals surface area contributed by atoms with E-state index in [0.29, 0.717) is 32.6 Å². The lowest BCUT2D eigenvalue weighted by Gasteiger charge is -2.19. The Labute approximate surface area is 197 Å². The van der Waals surface area contributed by atoms with Gasteiger partial charge in [-0.2, -0.15) is 0 Å². The van der Waals surface area contributed by atoms with Crippen molar-refractivity contribution in [2.45, 2.75) is 26.4 Å². The van der Waals surface area contributed by atoms with Crippen molar-refractivity contribution in [2.24, 2.45) is 0 Å². The summed E-state index contributed by atoms with van der Waals surface area (Å²) in [5.74, 6) is 0.140. The number of benzene rings is 2. The third-order valence-electron chi connectivity index (χ3n) is 4.08. The average molecular weight is 527 g/mol. The molecule has 1 aromatic heterocycles. The van der Waals surface area contributed by atoms with Gasteiger partial charge in [0, 0.05) is 15.9 Å². The highest BCUT2D eigenvalue weighted by molar-refractivity contribution is 9.10. The second kappa shape index (κ2) is 9.74. The minimum atomic E-state index is -0.613. The second-order valence-corrected chi connectivity index (χ2v) is 8.99. The zero-order chi connectivity index (χ0) is 23.5. The van der Waals surface area contributed by atoms with E-state index in [1.54, 1.807) is 39.0 Å². The van der Waals surface area contributed by atoms with Crippen molar-refractivity contribution in [3.63, 3.8) is 0 Å². The fourth-order valence-corrected chi connectivity index (χ4v) is 3.17. The number of rotatable bonds is 6. The van der Waals surface area contributed by atoms with E-state index in [-0.39, 0.29) is 23.9 Å². The third-order valence-corrected chi connectivity index (χ3v) is 5.34. The molecule has 0 radical (unpaired) electrons. The van der Waals surface area contributed by atoms with Gasteiger partial charge in [-0.1, -0.05) is 11.6 Å². The van der Waals surface area contributed by atoms with Crippen LogP contribution in [0.4, 0.5) is 26.4 Å². The van der Waals surface area contributed by atoms with Crippen LogP contribution in [0.15, 0.2) is 35.1 Å². The van der Waals surface area contributed by atoms with Crippen LogP contribution >= 0.6 is 27.5 Å². The molecule has 0 aliphatic rings. The van der Waals surface area contributed by atoms with Crippen LogP contribution in [0.3, 0.4) is 0 Å². The van der Waals surface area contributed by atoms with Gasteiger partial charge in [0.2, 0.25) is 0 Å². The Kier molecular flexibility index (Phi) is 7.25. The van der Waals surface area contributed by atoms with Crippen molar-refractivity contribution in [3.05, 3.63) is 45.9 Å². The summed E-state index contributed by atoms with van der Waals surface area (Å²) in [4.78, 5) is 20.1. The largest absolute Gasteiger partial charge is 0.490 e. The van der Waals surface area contributed by atoms with Crippen LogP contribution in [-0.4, -0.2) is 34.8 Å². The Hall–Kier alpha value is -2.85. The van der Waals surface area contributed by atoms with Crippen molar-refractivity contribution in [1.82, 2.24) is 15.3 Å². The number of fused-ring (bicyclic) bond motifs is 1. The number of ether oxygens (including phenoxy) is 2. The maximum atomic E-state index is 14.5. The molecule has 0 atom stereocenters. The number of halogens is 3. The van der Waals surface area contributed by atoms with Crippen LogP contribution in [0.1, 0.15) is 20.8 Å². The first-order chi connectivity index (χ1) is 15.0. The first kappa shape index (κ1) is 23.8. The number of hydrogen-bond acceptors (Lipinski definition) is 7. The summed E-state index contributed by atoms with van der Waals surface area (Å²) in [7, 11) is 0. The molecule has 11 heteroatoms. The van der Waals surface area contributed by atoms with Gasteiger partial charge in [-0.15, -0.1) is 0 Å². The molecule has 3 rings (SSSR count). The zero-order valence-corrected chi connectivity index (χ0v) is 20.0. The van der Waals surface area contributed by atoms with Crippen molar-refractivity contribution in [1.29, 1.82) is 0 Å². The monoisotopic (exact) mass is 525 g/mol. The van der Waals surface area contributed by atoms with E-state index in [1.165, 1.54) is 12.4 Å². The van der Waals surface area contributed by atoms with E-state index in [0.717, 1.165) is 0 Å². The van der Waals surface area contributed by atoms with Crippen molar-refractivity contribution in [3.8, 4) is 5.75 Å². The van der Waals surface area contributed by atoms with Gasteiger partial charge < -0.3 is 25.8 Å². The fourth-order valence-electron chi connectivity index (χ4n) is 2.70. The van der Waals surface area contributed by atoms with Crippen molar-refractivity contribution < 1.29 is 18.7 Å². The van der Waals surface area contributed by atoms with E-state index in [9.17, 15) is 9.18 Å². The summed E-state index contributed by atoms with van der Waals surface area (Å²) in [6, 6.07) is 6.45. The first-order valence-electron chi connectivity index (χ1n) is 9.59. The molecular weight excluding hydrogens is 505 g/mol. The molecule has 4 N–H and O–H groups in total. The topological polar surface area (TPSA) is 111 Å². The molecule has 1 amide bonds. The summed E-state index contributed by atoms with van der Waals surface area (Å²) in [5, 5.41) is 6.06. The zero-order valence-electron chi connectivity index (χ0n) is 17.6. The highest BCUT2D eigenvalue weighted by Crippen LogP contribution is 2.34. The lowest BCUT2D eigenvalue weighted by Crippen LogP contribution is -2.34. The molecule has 0 saturated carbocycles. The number of amides is 1. The number of nitrogens with two attached hydrogens (primary N) is 1. The lowest BCUT2D eigenvalue weighted by atomic mass is 10.2. The van der Waals surface area contributed by atoms with Gasteiger partial charge in [0.05, 0.1) is 28.5 Å². The Bertz CT molecular complexity index is 1160. The van der Waals surface area contributed by atoms with E-state index in [4.69, 9.17) is 26.8 Å². The average Bonchev–Trinajstić information content (AvgIpc) is 2.71. The number of alkyl carbamates (subject to hydrolysis) is 1. The van der Waals surface area contributed by atoms with Crippen LogP contribution in [-0.2, 0) is 4.74 Å². The smallest absolute Gasteiger partial charge is 0.407 e. The van der Waals surface area contributed by atoms with Gasteiger partial charge in [-0.25, -0.2) is 19.2 Å². The van der Waals surface area contributed by atoms with E-state index in [2.05, 4.69) is 36.5 Å². The third kappa shape index (κ3) is 5.89. The van der Waals surface area contributed by atoms with Crippen molar-refractivity contribution in [2.75, 3.05) is 24.2 Å². The van der Waals surface area contributed by atoms with Gasteiger partial charge in [-0.05, 0) is 54.9 Å². The predicted molar refractivity (Wildman–Crippen MR) is 126 cm³/mol. The fraction of sp³-hybridized carbons (Fsp3) is 0.286. The number of carbonyl (C=O) groups excluding carboxylic acids is 1. The Balaban J connectivity index is 1.73. The molecule has 0 unspecified atom stereocenters. The SMILES string of the molecule is CC(C)(C)OC(=O)NCCOc1cc2ncnc(Nc3ccc(Br)c(Cl)c3F)c2cc1N. The maximum Gasteiger partial charge on any atom is 0.407 e. The Morgan fingerprint density at radius 2 is 2.03 bits per heavy atom. The highest BCUT2D eigenvalue weighted by Gasteiger charge is 2.16. The summed E-state index contributed by atoms with van der Waals surface area (Å²) < 4.78 is 25.7. The molecular formula is C21H22BrClFN5O3. The summed E-state index contributed by atoms with van der Waals surface area (Å²) >= 11 is 9.14. The highest BCUT2D eigenvalue weighted by atomic mass is 79.9. The lowest BCUT2D eigenvalue weighted by molar-refractivity contribution is 0.0520. The normalized spacial score (nSPS) is 11.3. The molecule has 3 aromatic rings. The molecule has 0 aliphatic heterocycles. The Morgan fingerprint density at radius 3 is 2.75 bits per heavy atom. The number of nitrogens with one attached hydrogen (secondary N) is 2. The summed E-state index contributed by atoms with van der Waals surface area (Å²) in [5.41, 5.74) is 6.58.